The number of nitrogens with one attached hydrogen (secondary N) is 1. The highest BCUT2D eigenvalue weighted by Crippen LogP contribution is 2.32. The van der Waals surface area contributed by atoms with Gasteiger partial charge in [-0.05, 0) is 30.5 Å². The predicted molar refractivity (Wildman–Crippen MR) is 82.9 cm³/mol. The maximum atomic E-state index is 12.1. The predicted octanol–water partition coefficient (Wildman–Crippen LogP) is 3.79. The van der Waals surface area contributed by atoms with Gasteiger partial charge in [0, 0.05) is 5.69 Å². The number of para-hydroxylation sites is 1. The van der Waals surface area contributed by atoms with E-state index in [0.29, 0.717) is 6.61 Å². The molecule has 1 saturated heterocycles. The van der Waals surface area contributed by atoms with Crippen LogP contribution in [-0.2, 0) is 9.53 Å². The Balaban J connectivity index is 1.89. The van der Waals surface area contributed by atoms with E-state index in [1.807, 2.05) is 48.5 Å². The average molecular weight is 281 g/mol. The minimum absolute atomic E-state index is 0.0543. The number of hydrogen-bond donors (Lipinski definition) is 1. The molecule has 2 aromatic carbocycles. The zero-order chi connectivity index (χ0) is 14.5. The van der Waals surface area contributed by atoms with Gasteiger partial charge in [-0.25, -0.2) is 0 Å². The molecular formula is C18H19NO2. The third-order valence-corrected chi connectivity index (χ3v) is 3.86. The molecule has 2 atom stereocenters. The number of benzene rings is 2. The second-order valence-corrected chi connectivity index (χ2v) is 5.31. The van der Waals surface area contributed by atoms with Crippen LogP contribution in [0.25, 0.3) is 0 Å². The molecule has 1 aliphatic heterocycles. The van der Waals surface area contributed by atoms with E-state index in [4.69, 9.17) is 4.74 Å². The highest BCUT2D eigenvalue weighted by atomic mass is 16.5. The normalized spacial score (nSPS) is 19.6. The molecule has 0 aliphatic carbocycles. The van der Waals surface area contributed by atoms with Gasteiger partial charge in [-0.3, -0.25) is 4.79 Å². The van der Waals surface area contributed by atoms with Crippen molar-refractivity contribution in [2.24, 2.45) is 5.92 Å². The van der Waals surface area contributed by atoms with E-state index < -0.39 is 0 Å². The lowest BCUT2D eigenvalue weighted by molar-refractivity contribution is -0.153. The molecule has 21 heavy (non-hydrogen) atoms. The summed E-state index contributed by atoms with van der Waals surface area (Å²) in [5.74, 6) is -0.236. The first-order valence-electron chi connectivity index (χ1n) is 7.38. The van der Waals surface area contributed by atoms with E-state index >= 15 is 0 Å². The number of hydrogen-bond acceptors (Lipinski definition) is 3. The van der Waals surface area contributed by atoms with Gasteiger partial charge in [0.25, 0.3) is 0 Å². The molecule has 0 aromatic heterocycles. The summed E-state index contributed by atoms with van der Waals surface area (Å²) in [6, 6.07) is 20.1. The molecule has 0 bridgehead atoms. The summed E-state index contributed by atoms with van der Waals surface area (Å²) in [7, 11) is 0. The van der Waals surface area contributed by atoms with Crippen molar-refractivity contribution in [2.45, 2.75) is 18.9 Å². The smallest absolute Gasteiger partial charge is 0.311 e. The summed E-state index contributed by atoms with van der Waals surface area (Å²) >= 11 is 0. The lowest BCUT2D eigenvalue weighted by Crippen LogP contribution is -2.33. The quantitative estimate of drug-likeness (QED) is 0.866. The largest absolute Gasteiger partial charge is 0.465 e. The van der Waals surface area contributed by atoms with Crippen molar-refractivity contribution in [2.75, 3.05) is 11.9 Å². The maximum absolute atomic E-state index is 12.1. The molecule has 3 heteroatoms. The molecule has 1 fully saturated rings. The minimum Gasteiger partial charge on any atom is -0.465 e. The third kappa shape index (κ3) is 3.24. The second kappa shape index (κ2) is 6.44. The molecule has 1 heterocycles. The van der Waals surface area contributed by atoms with Crippen LogP contribution >= 0.6 is 0 Å². The molecule has 1 aliphatic rings. The van der Waals surface area contributed by atoms with Crippen molar-refractivity contribution in [3.05, 3.63) is 66.2 Å². The molecule has 2 unspecified atom stereocenters. The molecule has 3 rings (SSSR count). The van der Waals surface area contributed by atoms with E-state index in [2.05, 4.69) is 17.4 Å². The average Bonchev–Trinajstić information content (AvgIpc) is 2.55. The second-order valence-electron chi connectivity index (χ2n) is 5.31. The first-order chi connectivity index (χ1) is 10.3. The summed E-state index contributed by atoms with van der Waals surface area (Å²) in [5, 5.41) is 3.49. The maximum Gasteiger partial charge on any atom is 0.311 e. The third-order valence-electron chi connectivity index (χ3n) is 3.86. The van der Waals surface area contributed by atoms with Crippen LogP contribution in [0.5, 0.6) is 0 Å². The summed E-state index contributed by atoms with van der Waals surface area (Å²) in [6.45, 7) is 0.544. The molecule has 1 N–H and O–H groups in total. The molecule has 0 spiro atoms. The molecule has 2 aromatic rings. The first-order valence-corrected chi connectivity index (χ1v) is 7.38. The Kier molecular flexibility index (Phi) is 4.20. The molecular weight excluding hydrogens is 262 g/mol. The topological polar surface area (TPSA) is 38.3 Å². The van der Waals surface area contributed by atoms with Crippen LogP contribution in [0.1, 0.15) is 24.4 Å². The Labute approximate surface area is 124 Å². The van der Waals surface area contributed by atoms with Crippen LogP contribution in [0.2, 0.25) is 0 Å². The van der Waals surface area contributed by atoms with Crippen molar-refractivity contribution in [3.8, 4) is 0 Å². The van der Waals surface area contributed by atoms with Gasteiger partial charge in [0.2, 0.25) is 0 Å². The Morgan fingerprint density at radius 1 is 1.00 bits per heavy atom. The minimum atomic E-state index is -0.138. The number of anilines is 1. The highest BCUT2D eigenvalue weighted by Gasteiger charge is 2.33. The van der Waals surface area contributed by atoms with Gasteiger partial charge in [0.15, 0.2) is 0 Å². The number of cyclic esters (lactones) is 1. The van der Waals surface area contributed by atoms with E-state index in [1.165, 1.54) is 0 Å². The summed E-state index contributed by atoms with van der Waals surface area (Å²) in [6.07, 6.45) is 1.79. The lowest BCUT2D eigenvalue weighted by atomic mass is 9.88. The fourth-order valence-electron chi connectivity index (χ4n) is 2.79. The zero-order valence-corrected chi connectivity index (χ0v) is 11.9. The number of carbonyl (C=O) groups is 1. The fraction of sp³-hybridized carbons (Fsp3) is 0.278. The van der Waals surface area contributed by atoms with Gasteiger partial charge in [-0.15, -0.1) is 0 Å². The van der Waals surface area contributed by atoms with Crippen molar-refractivity contribution >= 4 is 11.7 Å². The number of carbonyl (C=O) groups excluding carboxylic acids is 1. The van der Waals surface area contributed by atoms with Gasteiger partial charge >= 0.3 is 5.97 Å². The van der Waals surface area contributed by atoms with E-state index in [9.17, 15) is 4.79 Å². The molecule has 0 saturated carbocycles. The lowest BCUT2D eigenvalue weighted by Gasteiger charge is -2.30. The fourth-order valence-corrected chi connectivity index (χ4v) is 2.79. The van der Waals surface area contributed by atoms with Gasteiger partial charge in [0.1, 0.15) is 0 Å². The molecule has 108 valence electrons. The Morgan fingerprint density at radius 3 is 2.33 bits per heavy atom. The van der Waals surface area contributed by atoms with Gasteiger partial charge in [-0.1, -0.05) is 48.5 Å². The van der Waals surface area contributed by atoms with Gasteiger partial charge in [-0.2, -0.15) is 0 Å². The van der Waals surface area contributed by atoms with E-state index in [-0.39, 0.29) is 17.9 Å². The standard InChI is InChI=1S/C18H19NO2/c20-18-16(12-7-13-21-18)17(14-8-3-1-4-9-14)19-15-10-5-2-6-11-15/h1-6,8-11,16-17,19H,7,12-13H2. The summed E-state index contributed by atoms with van der Waals surface area (Å²) in [4.78, 5) is 12.1. The van der Waals surface area contributed by atoms with Crippen LogP contribution in [0.3, 0.4) is 0 Å². The molecule has 0 radical (unpaired) electrons. The van der Waals surface area contributed by atoms with Crippen molar-refractivity contribution in [3.63, 3.8) is 0 Å². The SMILES string of the molecule is O=C1OCCCC1C(Nc1ccccc1)c1ccccc1. The van der Waals surface area contributed by atoms with Crippen LogP contribution < -0.4 is 5.32 Å². The summed E-state index contributed by atoms with van der Waals surface area (Å²) < 4.78 is 5.25. The molecule has 3 nitrogen and oxygen atoms in total. The van der Waals surface area contributed by atoms with Crippen molar-refractivity contribution < 1.29 is 9.53 Å². The van der Waals surface area contributed by atoms with Crippen molar-refractivity contribution in [1.29, 1.82) is 0 Å². The monoisotopic (exact) mass is 281 g/mol. The van der Waals surface area contributed by atoms with Crippen LogP contribution in [0.15, 0.2) is 60.7 Å². The zero-order valence-electron chi connectivity index (χ0n) is 11.9. The number of ether oxygens (including phenoxy) is 1. The van der Waals surface area contributed by atoms with E-state index in [0.717, 1.165) is 24.1 Å². The summed E-state index contributed by atoms with van der Waals surface area (Å²) in [5.41, 5.74) is 2.13. The van der Waals surface area contributed by atoms with Crippen LogP contribution in [-0.4, -0.2) is 12.6 Å². The van der Waals surface area contributed by atoms with Crippen LogP contribution in [0.4, 0.5) is 5.69 Å². The Hall–Kier alpha value is -2.29. The number of esters is 1. The van der Waals surface area contributed by atoms with Gasteiger partial charge < -0.3 is 10.1 Å². The molecule has 0 amide bonds. The van der Waals surface area contributed by atoms with Crippen LogP contribution in [0, 0.1) is 5.92 Å². The van der Waals surface area contributed by atoms with E-state index in [1.54, 1.807) is 0 Å². The Bertz CT molecular complexity index is 583. The highest BCUT2D eigenvalue weighted by molar-refractivity contribution is 5.75. The van der Waals surface area contributed by atoms with Crippen molar-refractivity contribution in [1.82, 2.24) is 0 Å². The van der Waals surface area contributed by atoms with Gasteiger partial charge in [0.05, 0.1) is 18.6 Å². The Morgan fingerprint density at radius 2 is 1.67 bits per heavy atom. The first kappa shape index (κ1) is 13.7. The number of rotatable bonds is 4.